The minimum Gasteiger partial charge on any atom is -0.353 e. The molecule has 0 saturated carbocycles. The van der Waals surface area contributed by atoms with Crippen LogP contribution in [0.5, 0.6) is 0 Å². The van der Waals surface area contributed by atoms with Crippen LogP contribution in [0, 0.1) is 12.7 Å². The smallest absolute Gasteiger partial charge is 0.182 e. The number of hydrogen-bond acceptors (Lipinski definition) is 4. The molecule has 5 nitrogen and oxygen atoms in total. The molecule has 0 atom stereocenters. The molecule has 0 fully saturated rings. The lowest BCUT2D eigenvalue weighted by molar-refractivity contribution is 0.615. The van der Waals surface area contributed by atoms with Crippen LogP contribution in [-0.2, 0) is 6.54 Å². The molecule has 3 aromatic rings. The van der Waals surface area contributed by atoms with Crippen LogP contribution >= 0.6 is 0 Å². The van der Waals surface area contributed by atoms with Crippen molar-refractivity contribution in [2.24, 2.45) is 0 Å². The van der Waals surface area contributed by atoms with Gasteiger partial charge in [0.15, 0.2) is 11.5 Å². The van der Waals surface area contributed by atoms with Crippen molar-refractivity contribution in [2.75, 3.05) is 11.9 Å². The number of H-pyrrole nitrogens is 1. The van der Waals surface area contributed by atoms with E-state index >= 15 is 0 Å². The van der Waals surface area contributed by atoms with Crippen LogP contribution in [0.1, 0.15) is 11.1 Å². The summed E-state index contributed by atoms with van der Waals surface area (Å²) in [6, 6.07) is 5.25. The van der Waals surface area contributed by atoms with E-state index in [1.807, 2.05) is 18.0 Å². The summed E-state index contributed by atoms with van der Waals surface area (Å²) in [7, 11) is 1.90. The maximum Gasteiger partial charge on any atom is 0.182 e. The van der Waals surface area contributed by atoms with Crippen molar-refractivity contribution >= 4 is 17.0 Å². The predicted octanol–water partition coefficient (Wildman–Crippen LogP) is 2.44. The first-order valence-corrected chi connectivity index (χ1v) is 6.25. The molecule has 6 heteroatoms. The molecule has 20 heavy (non-hydrogen) atoms. The zero-order valence-electron chi connectivity index (χ0n) is 11.3. The molecule has 102 valence electrons. The van der Waals surface area contributed by atoms with E-state index in [1.54, 1.807) is 25.4 Å². The zero-order valence-corrected chi connectivity index (χ0v) is 11.3. The van der Waals surface area contributed by atoms with Crippen LogP contribution in [0.25, 0.3) is 11.2 Å². The minimum atomic E-state index is -0.190. The molecule has 1 aromatic carbocycles. The Morgan fingerprint density at radius 3 is 2.90 bits per heavy atom. The molecule has 0 unspecified atom stereocenters. The first kappa shape index (κ1) is 12.5. The Balaban J connectivity index is 1.90. The van der Waals surface area contributed by atoms with Crippen molar-refractivity contribution in [1.82, 2.24) is 19.9 Å². The molecule has 2 heterocycles. The first-order valence-electron chi connectivity index (χ1n) is 6.25. The average Bonchev–Trinajstić information content (AvgIpc) is 2.91. The Morgan fingerprint density at radius 2 is 2.10 bits per heavy atom. The molecule has 0 spiro atoms. The van der Waals surface area contributed by atoms with E-state index in [0.717, 1.165) is 16.9 Å². The van der Waals surface area contributed by atoms with Gasteiger partial charge >= 0.3 is 0 Å². The first-order chi connectivity index (χ1) is 9.65. The summed E-state index contributed by atoms with van der Waals surface area (Å²) in [5.74, 6) is 0.554. The topological polar surface area (TPSA) is 57.7 Å². The van der Waals surface area contributed by atoms with Gasteiger partial charge in [-0.05, 0) is 24.1 Å². The van der Waals surface area contributed by atoms with Gasteiger partial charge < -0.3 is 9.88 Å². The van der Waals surface area contributed by atoms with Crippen molar-refractivity contribution in [2.45, 2.75) is 13.5 Å². The molecule has 3 rings (SSSR count). The van der Waals surface area contributed by atoms with Gasteiger partial charge in [0.25, 0.3) is 0 Å². The van der Waals surface area contributed by atoms with Gasteiger partial charge in [-0.15, -0.1) is 0 Å². The minimum absolute atomic E-state index is 0.190. The highest BCUT2D eigenvalue weighted by molar-refractivity contribution is 5.82. The number of aryl methyl sites for hydroxylation is 1. The zero-order chi connectivity index (χ0) is 14.1. The molecular weight excluding hydrogens is 257 g/mol. The molecule has 1 N–H and O–H groups in total. The van der Waals surface area contributed by atoms with E-state index in [9.17, 15) is 4.39 Å². The SMILES string of the molecule is Cc1ccc(CN(C)c2ncnc3nc[nH]c23)cc1F. The van der Waals surface area contributed by atoms with Crippen LogP contribution in [0.2, 0.25) is 0 Å². The number of imidazole rings is 1. The van der Waals surface area contributed by atoms with E-state index in [-0.39, 0.29) is 5.82 Å². The summed E-state index contributed by atoms with van der Waals surface area (Å²) in [5, 5.41) is 0. The lowest BCUT2D eigenvalue weighted by Gasteiger charge is -2.18. The lowest BCUT2D eigenvalue weighted by atomic mass is 10.1. The van der Waals surface area contributed by atoms with E-state index < -0.39 is 0 Å². The van der Waals surface area contributed by atoms with Crippen molar-refractivity contribution in [3.63, 3.8) is 0 Å². The fraction of sp³-hybridized carbons (Fsp3) is 0.214. The molecule has 0 saturated heterocycles. The highest BCUT2D eigenvalue weighted by Gasteiger charge is 2.11. The summed E-state index contributed by atoms with van der Waals surface area (Å²) in [5.41, 5.74) is 2.94. The van der Waals surface area contributed by atoms with Crippen LogP contribution in [0.3, 0.4) is 0 Å². The predicted molar refractivity (Wildman–Crippen MR) is 74.9 cm³/mol. The lowest BCUT2D eigenvalue weighted by Crippen LogP contribution is -2.18. The number of hydrogen-bond donors (Lipinski definition) is 1. The number of halogens is 1. The Hall–Kier alpha value is -2.50. The third-order valence-electron chi connectivity index (χ3n) is 3.22. The number of fused-ring (bicyclic) bond motifs is 1. The van der Waals surface area contributed by atoms with Crippen molar-refractivity contribution in [3.8, 4) is 0 Å². The quantitative estimate of drug-likeness (QED) is 0.795. The number of anilines is 1. The molecule has 2 aromatic heterocycles. The second-order valence-corrected chi connectivity index (χ2v) is 4.74. The molecule has 0 aliphatic carbocycles. The van der Waals surface area contributed by atoms with Gasteiger partial charge in [0.2, 0.25) is 0 Å². The van der Waals surface area contributed by atoms with Crippen molar-refractivity contribution < 1.29 is 4.39 Å². The monoisotopic (exact) mass is 271 g/mol. The van der Waals surface area contributed by atoms with Crippen LogP contribution < -0.4 is 4.90 Å². The largest absolute Gasteiger partial charge is 0.353 e. The van der Waals surface area contributed by atoms with Gasteiger partial charge in [-0.25, -0.2) is 19.3 Å². The fourth-order valence-electron chi connectivity index (χ4n) is 2.13. The summed E-state index contributed by atoms with van der Waals surface area (Å²) >= 11 is 0. The van der Waals surface area contributed by atoms with Crippen LogP contribution in [0.4, 0.5) is 10.2 Å². The Kier molecular flexibility index (Phi) is 3.06. The molecule has 0 radical (unpaired) electrons. The van der Waals surface area contributed by atoms with Gasteiger partial charge in [-0.1, -0.05) is 12.1 Å². The highest BCUT2D eigenvalue weighted by Crippen LogP contribution is 2.20. The number of aromatic nitrogens is 4. The van der Waals surface area contributed by atoms with Gasteiger partial charge in [0, 0.05) is 13.6 Å². The fourth-order valence-corrected chi connectivity index (χ4v) is 2.13. The molecule has 0 bridgehead atoms. The van der Waals surface area contributed by atoms with Gasteiger partial charge in [-0.2, -0.15) is 0 Å². The number of nitrogens with zero attached hydrogens (tertiary/aromatic N) is 4. The molecule has 0 amide bonds. The average molecular weight is 271 g/mol. The number of benzene rings is 1. The molecule has 0 aliphatic heterocycles. The maximum absolute atomic E-state index is 13.6. The summed E-state index contributed by atoms with van der Waals surface area (Å²) < 4.78 is 13.6. The molecule has 0 aliphatic rings. The number of nitrogens with one attached hydrogen (secondary N) is 1. The second-order valence-electron chi connectivity index (χ2n) is 4.74. The van der Waals surface area contributed by atoms with Gasteiger partial charge in [-0.3, -0.25) is 0 Å². The van der Waals surface area contributed by atoms with Crippen LogP contribution in [0.15, 0.2) is 30.9 Å². The third-order valence-corrected chi connectivity index (χ3v) is 3.22. The van der Waals surface area contributed by atoms with E-state index in [0.29, 0.717) is 17.8 Å². The highest BCUT2D eigenvalue weighted by atomic mass is 19.1. The Bertz CT molecular complexity index is 752. The maximum atomic E-state index is 13.6. The van der Waals surface area contributed by atoms with Crippen LogP contribution in [-0.4, -0.2) is 27.0 Å². The van der Waals surface area contributed by atoms with E-state index in [4.69, 9.17) is 0 Å². The summed E-state index contributed by atoms with van der Waals surface area (Å²) in [6.45, 7) is 2.31. The van der Waals surface area contributed by atoms with Gasteiger partial charge in [0.1, 0.15) is 17.7 Å². The van der Waals surface area contributed by atoms with Crippen molar-refractivity contribution in [1.29, 1.82) is 0 Å². The Labute approximate surface area is 115 Å². The Morgan fingerprint density at radius 1 is 1.25 bits per heavy atom. The van der Waals surface area contributed by atoms with Crippen molar-refractivity contribution in [3.05, 3.63) is 47.8 Å². The summed E-state index contributed by atoms with van der Waals surface area (Å²) in [6.07, 6.45) is 3.06. The standard InChI is InChI=1S/C14H14FN5/c1-9-3-4-10(5-11(9)15)6-20(2)14-12-13(17-7-16-12)18-8-19-14/h3-5,7-8H,6H2,1-2H3,(H,16,17,18,19). The number of aromatic amines is 1. The number of rotatable bonds is 3. The summed E-state index contributed by atoms with van der Waals surface area (Å²) in [4.78, 5) is 17.4. The second kappa shape index (κ2) is 4.88. The van der Waals surface area contributed by atoms with E-state index in [1.165, 1.54) is 6.33 Å². The third kappa shape index (κ3) is 2.20. The molecular formula is C14H14FN5. The van der Waals surface area contributed by atoms with Gasteiger partial charge in [0.05, 0.1) is 6.33 Å². The normalized spacial score (nSPS) is 10.9. The van der Waals surface area contributed by atoms with E-state index in [2.05, 4.69) is 19.9 Å².